The number of hydrogen-bond donors (Lipinski definition) is 1. The average Bonchev–Trinajstić information content (AvgIpc) is 3.19. The summed E-state index contributed by atoms with van der Waals surface area (Å²) in [6, 6.07) is -0.639. The van der Waals surface area contributed by atoms with Gasteiger partial charge in [0.25, 0.3) is 0 Å². The number of likely N-dealkylation sites (N-methyl/N-ethyl adjacent to an activating group) is 1. The number of allylic oxidation sites excluding steroid dienone is 20. The highest BCUT2D eigenvalue weighted by Gasteiger charge is 2.31. The second-order valence-corrected chi connectivity index (χ2v) is 15.2. The number of hydrogen-bond acceptors (Lipinski definition) is 6. The van der Waals surface area contributed by atoms with Gasteiger partial charge in [-0.05, 0) is 89.9 Å². The molecule has 2 atom stereocenters. The van der Waals surface area contributed by atoms with Crippen LogP contribution in [0.2, 0.25) is 0 Å². The van der Waals surface area contributed by atoms with Crippen LogP contribution in [-0.2, 0) is 28.6 Å². The van der Waals surface area contributed by atoms with Crippen molar-refractivity contribution in [2.75, 3.05) is 41.0 Å². The van der Waals surface area contributed by atoms with E-state index in [0.29, 0.717) is 19.3 Å². The Morgan fingerprint density at radius 1 is 0.508 bits per heavy atom. The number of aliphatic carboxylic acids is 1. The molecule has 0 bridgehead atoms. The van der Waals surface area contributed by atoms with Crippen molar-refractivity contribution in [2.45, 2.75) is 142 Å². The summed E-state index contributed by atoms with van der Waals surface area (Å²) < 4.78 is 17.1. The van der Waals surface area contributed by atoms with Crippen LogP contribution < -0.4 is 0 Å². The highest BCUT2D eigenvalue weighted by molar-refractivity contribution is 5.72. The number of carboxylic acid groups (broad SMARTS) is 1. The normalized spacial score (nSPS) is 14.1. The van der Waals surface area contributed by atoms with E-state index >= 15 is 0 Å². The summed E-state index contributed by atoms with van der Waals surface area (Å²) in [5, 5.41) is 9.62. The van der Waals surface area contributed by atoms with Crippen molar-refractivity contribution in [3.05, 3.63) is 122 Å². The molecule has 0 aliphatic rings. The second kappa shape index (κ2) is 40.5. The number of unbranched alkanes of at least 4 members (excludes halogenated alkanes) is 3. The van der Waals surface area contributed by atoms with Gasteiger partial charge in [-0.2, -0.15) is 0 Å². The Hall–Kier alpha value is -4.27. The summed E-state index contributed by atoms with van der Waals surface area (Å²) in [6.45, 7) is 4.36. The summed E-state index contributed by atoms with van der Waals surface area (Å²) in [5.74, 6) is -1.64. The molecule has 59 heavy (non-hydrogen) atoms. The standard InChI is InChI=1S/C51H79NO7/c1-6-8-10-12-14-16-18-20-22-24-25-26-28-30-32-34-36-38-40-42-50(54)59-47(45-57-44-43-48(51(55)56)52(3,4)5)46-58-49(53)41-39-37-35-33-31-29-27-23-21-19-17-15-13-11-9-7-2/h8-11,14-17,20-23,25-26,29-32,35,37,47-48H,6-7,12-13,18-19,24,27-28,33-34,36,38-46H2,1-5H3/p+1/b10-8+,11-9+,16-14+,17-15+,22-20+,23-21+,26-25+,31-29+,32-30+,37-35+. The first-order valence-electron chi connectivity index (χ1n) is 22.1. The first-order chi connectivity index (χ1) is 28.6. The minimum atomic E-state index is -0.896. The molecule has 0 aliphatic carbocycles. The highest BCUT2D eigenvalue weighted by Crippen LogP contribution is 2.11. The molecular formula is C51H80NO7+. The zero-order valence-corrected chi connectivity index (χ0v) is 37.4. The number of carboxylic acids is 1. The van der Waals surface area contributed by atoms with Gasteiger partial charge in [-0.1, -0.05) is 142 Å². The molecule has 0 aromatic carbocycles. The van der Waals surface area contributed by atoms with Gasteiger partial charge in [-0.3, -0.25) is 9.59 Å². The van der Waals surface area contributed by atoms with E-state index in [9.17, 15) is 19.5 Å². The maximum Gasteiger partial charge on any atom is 0.362 e. The van der Waals surface area contributed by atoms with Gasteiger partial charge in [-0.25, -0.2) is 4.79 Å². The van der Waals surface area contributed by atoms with Gasteiger partial charge in [0, 0.05) is 19.3 Å². The first kappa shape index (κ1) is 54.7. The average molecular weight is 819 g/mol. The number of quaternary nitrogens is 1. The summed E-state index contributed by atoms with van der Waals surface area (Å²) in [5.41, 5.74) is 0. The SMILES string of the molecule is CC/C=C/C/C=C/C/C=C/C/C=C/C/C=C/CCCCCC(=O)OC(COCCC(C(=O)O)[N+](C)(C)C)COC(=O)CC/C=C/C/C=C/C/C=C/C/C=C/C/C=C/CC. The molecule has 330 valence electrons. The number of esters is 2. The van der Waals surface area contributed by atoms with Gasteiger partial charge >= 0.3 is 17.9 Å². The third-order valence-electron chi connectivity index (χ3n) is 8.87. The molecule has 0 amide bonds. The van der Waals surface area contributed by atoms with Crippen molar-refractivity contribution in [3.8, 4) is 0 Å². The Morgan fingerprint density at radius 2 is 0.932 bits per heavy atom. The van der Waals surface area contributed by atoms with Gasteiger partial charge in [-0.15, -0.1) is 0 Å². The molecule has 0 aromatic heterocycles. The fourth-order valence-corrected chi connectivity index (χ4v) is 5.52. The smallest absolute Gasteiger partial charge is 0.362 e. The molecule has 0 aliphatic heterocycles. The van der Waals surface area contributed by atoms with Gasteiger partial charge in [0.15, 0.2) is 12.1 Å². The van der Waals surface area contributed by atoms with Gasteiger partial charge in [0.05, 0.1) is 34.4 Å². The minimum absolute atomic E-state index is 0.0152. The number of rotatable bonds is 37. The third kappa shape index (κ3) is 39.0. The molecule has 0 rings (SSSR count). The number of carbonyl (C=O) groups is 3. The molecular weight excluding hydrogens is 739 g/mol. The molecule has 0 aromatic rings. The molecule has 8 nitrogen and oxygen atoms in total. The van der Waals surface area contributed by atoms with Crippen molar-refractivity contribution >= 4 is 17.9 Å². The Labute approximate surface area is 359 Å². The van der Waals surface area contributed by atoms with Gasteiger partial charge in [0.2, 0.25) is 0 Å². The quantitative estimate of drug-likeness (QED) is 0.0288. The van der Waals surface area contributed by atoms with Crippen LogP contribution in [0.4, 0.5) is 0 Å². The molecule has 0 saturated carbocycles. The largest absolute Gasteiger partial charge is 0.477 e. The molecule has 0 fully saturated rings. The monoisotopic (exact) mass is 819 g/mol. The maximum absolute atomic E-state index is 12.7. The zero-order chi connectivity index (χ0) is 43.5. The lowest BCUT2D eigenvalue weighted by atomic mass is 10.1. The summed E-state index contributed by atoms with van der Waals surface area (Å²) in [7, 11) is 5.48. The Morgan fingerprint density at radius 3 is 1.36 bits per heavy atom. The van der Waals surface area contributed by atoms with Crippen LogP contribution in [0.3, 0.4) is 0 Å². The lowest BCUT2D eigenvalue weighted by molar-refractivity contribution is -0.887. The number of carbonyl (C=O) groups excluding carboxylic acids is 2. The lowest BCUT2D eigenvalue weighted by Gasteiger charge is -2.31. The molecule has 0 saturated heterocycles. The van der Waals surface area contributed by atoms with Crippen molar-refractivity contribution in [2.24, 2.45) is 0 Å². The maximum atomic E-state index is 12.7. The van der Waals surface area contributed by atoms with E-state index in [0.717, 1.165) is 83.5 Å². The summed E-state index contributed by atoms with van der Waals surface area (Å²) in [4.78, 5) is 37.0. The van der Waals surface area contributed by atoms with Gasteiger partial charge in [0.1, 0.15) is 6.61 Å². The molecule has 8 heteroatoms. The topological polar surface area (TPSA) is 99.1 Å². The molecule has 1 N–H and O–H groups in total. The Kier molecular flexibility index (Phi) is 37.6. The van der Waals surface area contributed by atoms with E-state index in [-0.39, 0.29) is 49.1 Å². The van der Waals surface area contributed by atoms with Crippen LogP contribution >= 0.6 is 0 Å². The molecule has 0 spiro atoms. The molecule has 2 unspecified atom stereocenters. The van der Waals surface area contributed by atoms with E-state index in [2.05, 4.69) is 123 Å². The zero-order valence-electron chi connectivity index (χ0n) is 37.4. The Bertz CT molecular complexity index is 1370. The predicted molar refractivity (Wildman–Crippen MR) is 247 cm³/mol. The second-order valence-electron chi connectivity index (χ2n) is 15.2. The van der Waals surface area contributed by atoms with Crippen molar-refractivity contribution in [1.82, 2.24) is 0 Å². The molecule has 0 heterocycles. The van der Waals surface area contributed by atoms with E-state index in [1.165, 1.54) is 0 Å². The fraction of sp³-hybridized carbons (Fsp3) is 0.549. The van der Waals surface area contributed by atoms with Crippen LogP contribution in [0.25, 0.3) is 0 Å². The van der Waals surface area contributed by atoms with Crippen LogP contribution in [0.1, 0.15) is 129 Å². The number of nitrogens with zero attached hydrogens (tertiary/aromatic N) is 1. The van der Waals surface area contributed by atoms with E-state index in [4.69, 9.17) is 14.2 Å². The third-order valence-corrected chi connectivity index (χ3v) is 8.87. The van der Waals surface area contributed by atoms with Crippen molar-refractivity contribution < 1.29 is 38.2 Å². The van der Waals surface area contributed by atoms with Crippen LogP contribution in [0.5, 0.6) is 0 Å². The Balaban J connectivity index is 4.55. The number of ether oxygens (including phenoxy) is 3. The van der Waals surface area contributed by atoms with Crippen LogP contribution in [0, 0.1) is 0 Å². The van der Waals surface area contributed by atoms with Crippen LogP contribution in [0.15, 0.2) is 122 Å². The predicted octanol–water partition coefficient (Wildman–Crippen LogP) is 12.2. The van der Waals surface area contributed by atoms with Crippen LogP contribution in [-0.4, -0.2) is 80.6 Å². The van der Waals surface area contributed by atoms with Gasteiger partial charge < -0.3 is 23.8 Å². The van der Waals surface area contributed by atoms with E-state index in [1.54, 1.807) is 0 Å². The van der Waals surface area contributed by atoms with Crippen molar-refractivity contribution in [1.29, 1.82) is 0 Å². The summed E-state index contributed by atoms with van der Waals surface area (Å²) >= 11 is 0. The van der Waals surface area contributed by atoms with E-state index in [1.807, 2.05) is 33.3 Å². The highest BCUT2D eigenvalue weighted by atomic mass is 16.6. The molecule has 0 radical (unpaired) electrons. The fourth-order valence-electron chi connectivity index (χ4n) is 5.52. The van der Waals surface area contributed by atoms with Crippen molar-refractivity contribution in [3.63, 3.8) is 0 Å². The summed E-state index contributed by atoms with van der Waals surface area (Å²) in [6.07, 6.45) is 56.9. The minimum Gasteiger partial charge on any atom is -0.477 e. The lowest BCUT2D eigenvalue weighted by Crippen LogP contribution is -2.50. The van der Waals surface area contributed by atoms with E-state index < -0.39 is 18.1 Å². The first-order valence-corrected chi connectivity index (χ1v) is 22.1.